The second kappa shape index (κ2) is 7.15. The SMILES string of the molecule is Cc1cnn(C2CCCN(C(=O)c3cccn3Cc3cccnc3)C2)c1. The van der Waals surface area contributed by atoms with Crippen molar-refractivity contribution in [3.63, 3.8) is 0 Å². The van der Waals surface area contributed by atoms with E-state index in [2.05, 4.69) is 16.3 Å². The van der Waals surface area contributed by atoms with E-state index in [9.17, 15) is 4.79 Å². The number of aromatic nitrogens is 4. The Morgan fingerprint density at radius 3 is 2.96 bits per heavy atom. The minimum absolute atomic E-state index is 0.0902. The van der Waals surface area contributed by atoms with Crippen LogP contribution >= 0.6 is 0 Å². The van der Waals surface area contributed by atoms with Crippen molar-refractivity contribution in [1.29, 1.82) is 0 Å². The van der Waals surface area contributed by atoms with Gasteiger partial charge in [0, 0.05) is 44.4 Å². The predicted octanol–water partition coefficient (Wildman–Crippen LogP) is 2.91. The number of likely N-dealkylation sites (tertiary alicyclic amines) is 1. The number of carbonyl (C=O) groups is 1. The zero-order valence-electron chi connectivity index (χ0n) is 15.0. The average Bonchev–Trinajstić information content (AvgIpc) is 3.31. The molecule has 0 bridgehead atoms. The maximum atomic E-state index is 13.1. The van der Waals surface area contributed by atoms with E-state index >= 15 is 0 Å². The van der Waals surface area contributed by atoms with Crippen molar-refractivity contribution < 1.29 is 4.79 Å². The Bertz CT molecular complexity index is 883. The number of carbonyl (C=O) groups excluding carboxylic acids is 1. The van der Waals surface area contributed by atoms with Gasteiger partial charge in [-0.15, -0.1) is 0 Å². The summed E-state index contributed by atoms with van der Waals surface area (Å²) in [5.74, 6) is 0.0902. The first-order chi connectivity index (χ1) is 12.7. The van der Waals surface area contributed by atoms with Crippen molar-refractivity contribution in [3.8, 4) is 0 Å². The molecule has 1 unspecified atom stereocenters. The van der Waals surface area contributed by atoms with Gasteiger partial charge in [0.05, 0.1) is 12.2 Å². The average molecular weight is 349 g/mol. The van der Waals surface area contributed by atoms with Gasteiger partial charge in [-0.2, -0.15) is 5.10 Å². The molecule has 0 aliphatic carbocycles. The summed E-state index contributed by atoms with van der Waals surface area (Å²) in [6.45, 7) is 4.20. The standard InChI is InChI=1S/C20H23N5O/c1-16-11-22-25(13-16)18-6-3-10-24(15-18)20(26)19-7-4-9-23(19)14-17-5-2-8-21-12-17/h2,4-5,7-9,11-13,18H,3,6,10,14-15H2,1H3. The number of piperidine rings is 1. The maximum absolute atomic E-state index is 13.1. The molecule has 3 aromatic rings. The van der Waals surface area contributed by atoms with Crippen LogP contribution in [0.25, 0.3) is 0 Å². The lowest BCUT2D eigenvalue weighted by Gasteiger charge is -2.33. The number of amides is 1. The number of hydrogen-bond donors (Lipinski definition) is 0. The third kappa shape index (κ3) is 3.40. The molecule has 134 valence electrons. The number of aryl methyl sites for hydroxylation is 1. The Morgan fingerprint density at radius 2 is 2.19 bits per heavy atom. The van der Waals surface area contributed by atoms with Gasteiger partial charge in [0.2, 0.25) is 0 Å². The lowest BCUT2D eigenvalue weighted by Crippen LogP contribution is -2.41. The van der Waals surface area contributed by atoms with E-state index in [-0.39, 0.29) is 11.9 Å². The van der Waals surface area contributed by atoms with E-state index in [1.807, 2.05) is 63.9 Å². The number of nitrogens with zero attached hydrogens (tertiary/aromatic N) is 5. The first-order valence-corrected chi connectivity index (χ1v) is 9.05. The van der Waals surface area contributed by atoms with Gasteiger partial charge in [-0.25, -0.2) is 0 Å². The highest BCUT2D eigenvalue weighted by molar-refractivity contribution is 5.92. The lowest BCUT2D eigenvalue weighted by molar-refractivity contribution is 0.0662. The Morgan fingerprint density at radius 1 is 1.27 bits per heavy atom. The van der Waals surface area contributed by atoms with Gasteiger partial charge >= 0.3 is 0 Å². The van der Waals surface area contributed by atoms with E-state index in [1.54, 1.807) is 6.20 Å². The van der Waals surface area contributed by atoms with E-state index in [1.165, 1.54) is 0 Å². The van der Waals surface area contributed by atoms with Crippen molar-refractivity contribution in [2.24, 2.45) is 0 Å². The van der Waals surface area contributed by atoms with Crippen LogP contribution in [0.1, 0.15) is 40.5 Å². The highest BCUT2D eigenvalue weighted by Crippen LogP contribution is 2.23. The molecule has 1 aliphatic rings. The molecule has 0 spiro atoms. The smallest absolute Gasteiger partial charge is 0.270 e. The largest absolute Gasteiger partial charge is 0.339 e. The molecule has 1 aliphatic heterocycles. The van der Waals surface area contributed by atoms with Gasteiger partial charge in [0.1, 0.15) is 5.69 Å². The zero-order chi connectivity index (χ0) is 17.9. The van der Waals surface area contributed by atoms with Crippen LogP contribution in [0, 0.1) is 6.92 Å². The van der Waals surface area contributed by atoms with Crippen molar-refractivity contribution in [1.82, 2.24) is 24.2 Å². The normalized spacial score (nSPS) is 17.4. The molecule has 0 N–H and O–H groups in total. The molecule has 6 nitrogen and oxygen atoms in total. The van der Waals surface area contributed by atoms with Gasteiger partial charge < -0.3 is 9.47 Å². The topological polar surface area (TPSA) is 56.0 Å². The van der Waals surface area contributed by atoms with Crippen LogP contribution in [0.2, 0.25) is 0 Å². The zero-order valence-corrected chi connectivity index (χ0v) is 15.0. The molecule has 26 heavy (non-hydrogen) atoms. The van der Waals surface area contributed by atoms with Gasteiger partial charge in [0.25, 0.3) is 5.91 Å². The summed E-state index contributed by atoms with van der Waals surface area (Å²) >= 11 is 0. The fraction of sp³-hybridized carbons (Fsp3) is 0.350. The molecular weight excluding hydrogens is 326 g/mol. The van der Waals surface area contributed by atoms with Crippen LogP contribution in [0.15, 0.2) is 55.2 Å². The van der Waals surface area contributed by atoms with E-state index in [0.29, 0.717) is 13.1 Å². The van der Waals surface area contributed by atoms with Crippen LogP contribution in [-0.2, 0) is 6.54 Å². The number of hydrogen-bond acceptors (Lipinski definition) is 3. The predicted molar refractivity (Wildman–Crippen MR) is 98.9 cm³/mol. The van der Waals surface area contributed by atoms with Crippen molar-refractivity contribution in [3.05, 3.63) is 72.1 Å². The molecule has 1 atom stereocenters. The summed E-state index contributed by atoms with van der Waals surface area (Å²) in [5.41, 5.74) is 2.96. The summed E-state index contributed by atoms with van der Waals surface area (Å²) in [6, 6.07) is 8.03. The molecule has 3 aromatic heterocycles. The molecule has 0 radical (unpaired) electrons. The molecule has 4 rings (SSSR count). The van der Waals surface area contributed by atoms with Crippen molar-refractivity contribution in [2.45, 2.75) is 32.4 Å². The van der Waals surface area contributed by atoms with Gasteiger partial charge in [-0.05, 0) is 49.1 Å². The third-order valence-electron chi connectivity index (χ3n) is 4.91. The minimum Gasteiger partial charge on any atom is -0.339 e. The van der Waals surface area contributed by atoms with Crippen LogP contribution < -0.4 is 0 Å². The van der Waals surface area contributed by atoms with Crippen LogP contribution in [0.3, 0.4) is 0 Å². The Kier molecular flexibility index (Phi) is 4.56. The maximum Gasteiger partial charge on any atom is 0.270 e. The summed E-state index contributed by atoms with van der Waals surface area (Å²) < 4.78 is 4.00. The fourth-order valence-corrected chi connectivity index (χ4v) is 3.58. The number of rotatable bonds is 4. The second-order valence-corrected chi connectivity index (χ2v) is 6.93. The highest BCUT2D eigenvalue weighted by atomic mass is 16.2. The van der Waals surface area contributed by atoms with Crippen molar-refractivity contribution >= 4 is 5.91 Å². The van der Waals surface area contributed by atoms with Gasteiger partial charge in [0.15, 0.2) is 0 Å². The minimum atomic E-state index is 0.0902. The van der Waals surface area contributed by atoms with E-state index in [4.69, 9.17) is 0 Å². The van der Waals surface area contributed by atoms with E-state index < -0.39 is 0 Å². The van der Waals surface area contributed by atoms with Gasteiger partial charge in [-0.3, -0.25) is 14.5 Å². The van der Waals surface area contributed by atoms with Crippen LogP contribution in [0.5, 0.6) is 0 Å². The number of pyridine rings is 1. The first-order valence-electron chi connectivity index (χ1n) is 9.05. The summed E-state index contributed by atoms with van der Waals surface area (Å²) in [7, 11) is 0. The quantitative estimate of drug-likeness (QED) is 0.728. The monoisotopic (exact) mass is 349 g/mol. The summed E-state index contributed by atoms with van der Waals surface area (Å²) in [5, 5.41) is 4.44. The van der Waals surface area contributed by atoms with Gasteiger partial charge in [-0.1, -0.05) is 6.07 Å². The Balaban J connectivity index is 1.50. The van der Waals surface area contributed by atoms with Crippen molar-refractivity contribution in [2.75, 3.05) is 13.1 Å². The molecule has 4 heterocycles. The molecule has 6 heteroatoms. The summed E-state index contributed by atoms with van der Waals surface area (Å²) in [6.07, 6.45) is 11.5. The third-order valence-corrected chi connectivity index (χ3v) is 4.91. The Hall–Kier alpha value is -2.89. The molecule has 1 saturated heterocycles. The lowest BCUT2D eigenvalue weighted by atomic mass is 10.1. The molecule has 0 aromatic carbocycles. The molecule has 1 fully saturated rings. The fourth-order valence-electron chi connectivity index (χ4n) is 3.58. The van der Waals surface area contributed by atoms with E-state index in [0.717, 1.165) is 36.2 Å². The molecular formula is C20H23N5O. The highest BCUT2D eigenvalue weighted by Gasteiger charge is 2.27. The van der Waals surface area contributed by atoms with Crippen LogP contribution in [-0.4, -0.2) is 43.2 Å². The van der Waals surface area contributed by atoms with Crippen LogP contribution in [0.4, 0.5) is 0 Å². The molecule has 1 amide bonds. The summed E-state index contributed by atoms with van der Waals surface area (Å²) in [4.78, 5) is 19.2. The first kappa shape index (κ1) is 16.6. The Labute approximate surface area is 153 Å². The second-order valence-electron chi connectivity index (χ2n) is 6.93. The molecule has 0 saturated carbocycles.